The van der Waals surface area contributed by atoms with Crippen LogP contribution in [0.15, 0.2) is 73.3 Å². The summed E-state index contributed by atoms with van der Waals surface area (Å²) in [4.78, 5) is 18.8. The van der Waals surface area contributed by atoms with Crippen molar-refractivity contribution in [3.8, 4) is 0 Å². The molecule has 9 heteroatoms. The van der Waals surface area contributed by atoms with Crippen molar-refractivity contribution < 1.29 is 24.2 Å². The minimum Gasteiger partial charge on any atom is -0.336 e. The first kappa shape index (κ1) is 27.4. The van der Waals surface area contributed by atoms with Crippen molar-refractivity contribution in [1.29, 1.82) is 0 Å². The summed E-state index contributed by atoms with van der Waals surface area (Å²) in [5, 5.41) is 2.57. The van der Waals surface area contributed by atoms with E-state index >= 15 is 0 Å². The molecule has 0 fully saturated rings. The first-order chi connectivity index (χ1) is 23.6. The van der Waals surface area contributed by atoms with E-state index in [2.05, 4.69) is 76.2 Å². The molecule has 0 saturated heterocycles. The van der Waals surface area contributed by atoms with Crippen LogP contribution in [0.25, 0.3) is 55.7 Å². The average molecular weight is 812 g/mol. The maximum absolute atomic E-state index is 8.12. The summed E-state index contributed by atoms with van der Waals surface area (Å²) in [5.74, 6) is 2.42. The number of para-hydroxylation sites is 1. The second-order valence-electron chi connectivity index (χ2n) is 14.7. The molecule has 10 rings (SSSR count). The number of aryl methyl sites for hydroxylation is 1. The third-order valence-electron chi connectivity index (χ3n) is 10.6. The SMILES string of the molecule is CC(C)(C)c1cn2c(n1)n1ccnc1n1c3[c-]cccc3nc21.[2H]C([2H])([2H])c1ccc2c3c1c1ccc[c-]c1c1ncc(n13)C(C)(C)C2(C)C.[Ir]. The molecule has 243 valence electrons. The van der Waals surface area contributed by atoms with Crippen LogP contribution in [0.3, 0.4) is 0 Å². The summed E-state index contributed by atoms with van der Waals surface area (Å²) < 4.78 is 32.6. The van der Waals surface area contributed by atoms with Gasteiger partial charge in [0, 0.05) is 76.5 Å². The van der Waals surface area contributed by atoms with Crippen LogP contribution in [0.5, 0.6) is 0 Å². The van der Waals surface area contributed by atoms with Gasteiger partial charge in [0.25, 0.3) is 0 Å². The standard InChI is InChI=1S/C22H21N2.C17H15N6.Ir/c1-13-10-11-16-19-18(13)14-8-6-7-9-15(14)20-23-12-17(24(19)20)22(4,5)21(16,2)3;1-17(2,3)13-10-22-15(20-13)21-9-8-18-14(21)23-12-7-5-4-6-11(12)19-16(22)23;/h6-8,10-12H,1-5H3;4-6,8-10H,1-3H3;/q2*-1;/i1D3;;. The predicted octanol–water partition coefficient (Wildman–Crippen LogP) is 8.20. The number of hydrogen-bond donors (Lipinski definition) is 0. The normalized spacial score (nSPS) is 16.4. The Bertz CT molecular complexity index is 2860. The predicted molar refractivity (Wildman–Crippen MR) is 188 cm³/mol. The number of aromatic nitrogens is 8. The van der Waals surface area contributed by atoms with Crippen molar-refractivity contribution >= 4 is 55.7 Å². The van der Waals surface area contributed by atoms with E-state index in [9.17, 15) is 0 Å². The Morgan fingerprint density at radius 2 is 1.62 bits per heavy atom. The van der Waals surface area contributed by atoms with Crippen molar-refractivity contribution in [2.45, 2.75) is 71.6 Å². The maximum Gasteiger partial charge on any atom is 0.224 e. The summed E-state index contributed by atoms with van der Waals surface area (Å²) in [7, 11) is 0. The van der Waals surface area contributed by atoms with Crippen molar-refractivity contribution in [3.05, 3.63) is 108 Å². The van der Waals surface area contributed by atoms with Crippen LogP contribution < -0.4 is 0 Å². The smallest absolute Gasteiger partial charge is 0.224 e. The molecule has 0 aliphatic carbocycles. The Labute approximate surface area is 296 Å². The fourth-order valence-electron chi connectivity index (χ4n) is 7.25. The molecule has 0 spiro atoms. The van der Waals surface area contributed by atoms with E-state index in [1.54, 1.807) is 12.3 Å². The van der Waals surface area contributed by atoms with Crippen LogP contribution in [0.4, 0.5) is 0 Å². The number of fused-ring (bicyclic) bond motifs is 11. The monoisotopic (exact) mass is 812 g/mol. The summed E-state index contributed by atoms with van der Waals surface area (Å²) in [6.07, 6.45) is 7.73. The second kappa shape index (κ2) is 9.97. The number of pyridine rings is 1. The fourth-order valence-corrected chi connectivity index (χ4v) is 7.25. The molecule has 6 aromatic heterocycles. The third kappa shape index (κ3) is 3.86. The number of rotatable bonds is 0. The van der Waals surface area contributed by atoms with E-state index in [1.807, 2.05) is 68.1 Å². The van der Waals surface area contributed by atoms with Gasteiger partial charge < -0.3 is 4.40 Å². The Morgan fingerprint density at radius 3 is 2.42 bits per heavy atom. The number of nitrogens with zero attached hydrogens (tertiary/aromatic N) is 8. The van der Waals surface area contributed by atoms with E-state index in [0.29, 0.717) is 5.56 Å². The van der Waals surface area contributed by atoms with Crippen LogP contribution >= 0.6 is 0 Å². The number of imidazole rings is 4. The van der Waals surface area contributed by atoms with Crippen molar-refractivity contribution in [3.63, 3.8) is 0 Å². The molecule has 0 saturated carbocycles. The van der Waals surface area contributed by atoms with Crippen LogP contribution in [-0.2, 0) is 36.4 Å². The van der Waals surface area contributed by atoms with E-state index < -0.39 is 6.85 Å². The molecular weight excluding hydrogens is 773 g/mol. The molecule has 0 unspecified atom stereocenters. The minimum absolute atomic E-state index is 0. The molecule has 8 nitrogen and oxygen atoms in total. The zero-order valence-electron chi connectivity index (χ0n) is 30.8. The van der Waals surface area contributed by atoms with Crippen molar-refractivity contribution in [2.75, 3.05) is 0 Å². The molecule has 1 aliphatic heterocycles. The zero-order chi connectivity index (χ0) is 35.1. The van der Waals surface area contributed by atoms with Gasteiger partial charge in [-0.25, -0.2) is 9.97 Å². The Balaban J connectivity index is 0.000000145. The van der Waals surface area contributed by atoms with Crippen LogP contribution in [0.1, 0.15) is 75.1 Å². The largest absolute Gasteiger partial charge is 0.336 e. The van der Waals surface area contributed by atoms with E-state index in [1.165, 1.54) is 0 Å². The van der Waals surface area contributed by atoms with Crippen LogP contribution in [0, 0.1) is 19.0 Å². The van der Waals surface area contributed by atoms with Gasteiger partial charge in [-0.15, -0.1) is 35.7 Å². The minimum atomic E-state index is -2.19. The zero-order valence-corrected chi connectivity index (χ0v) is 30.2. The van der Waals surface area contributed by atoms with Gasteiger partial charge in [0.15, 0.2) is 0 Å². The summed E-state index contributed by atoms with van der Waals surface area (Å²) >= 11 is 0. The molecule has 3 aromatic carbocycles. The third-order valence-corrected chi connectivity index (χ3v) is 10.6. The van der Waals surface area contributed by atoms with E-state index in [4.69, 9.17) is 19.1 Å². The maximum atomic E-state index is 8.12. The molecule has 9 aromatic rings. The van der Waals surface area contributed by atoms with E-state index in [-0.39, 0.29) is 36.4 Å². The Morgan fingerprint density at radius 1 is 0.833 bits per heavy atom. The van der Waals surface area contributed by atoms with Gasteiger partial charge in [0.05, 0.1) is 11.3 Å². The number of hydrogen-bond acceptors (Lipinski definition) is 4. The molecule has 0 atom stereocenters. The topological polar surface area (TPSA) is 69.2 Å². The van der Waals surface area contributed by atoms with Crippen LogP contribution in [-0.4, -0.2) is 37.5 Å². The van der Waals surface area contributed by atoms with Gasteiger partial charge in [-0.2, -0.15) is 18.2 Å². The second-order valence-corrected chi connectivity index (χ2v) is 14.7. The molecule has 0 amide bonds. The quantitative estimate of drug-likeness (QED) is 0.115. The summed E-state index contributed by atoms with van der Waals surface area (Å²) in [6.45, 7) is 13.2. The Hall–Kier alpha value is -4.59. The molecule has 0 bridgehead atoms. The van der Waals surface area contributed by atoms with Crippen molar-refractivity contribution in [1.82, 2.24) is 37.5 Å². The van der Waals surface area contributed by atoms with E-state index in [0.717, 1.165) is 72.6 Å². The molecule has 1 aliphatic rings. The van der Waals surface area contributed by atoms with Gasteiger partial charge in [0.1, 0.15) is 0 Å². The Kier molecular flexibility index (Phi) is 5.68. The van der Waals surface area contributed by atoms with Gasteiger partial charge >= 0.3 is 0 Å². The first-order valence-corrected chi connectivity index (χ1v) is 15.9. The van der Waals surface area contributed by atoms with Gasteiger partial charge in [0.2, 0.25) is 17.3 Å². The number of benzene rings is 3. The molecular formula is C39H36IrN8-2. The van der Waals surface area contributed by atoms with Gasteiger partial charge in [-0.3, -0.25) is 23.2 Å². The summed E-state index contributed by atoms with van der Waals surface area (Å²) in [5.41, 5.74) is 6.97. The van der Waals surface area contributed by atoms with Gasteiger partial charge in [-0.1, -0.05) is 71.5 Å². The first-order valence-electron chi connectivity index (χ1n) is 17.4. The summed E-state index contributed by atoms with van der Waals surface area (Å²) in [6, 6.07) is 22.0. The van der Waals surface area contributed by atoms with Gasteiger partial charge in [-0.05, 0) is 28.8 Å². The molecule has 7 heterocycles. The van der Waals surface area contributed by atoms with Crippen LogP contribution in [0.2, 0.25) is 0 Å². The molecule has 0 N–H and O–H groups in total. The van der Waals surface area contributed by atoms with Crippen molar-refractivity contribution in [2.24, 2.45) is 0 Å². The fraction of sp³-hybridized carbons (Fsp3) is 0.282. The molecule has 48 heavy (non-hydrogen) atoms. The molecule has 1 radical (unpaired) electrons. The average Bonchev–Trinajstić information content (AvgIpc) is 3.86.